The minimum atomic E-state index is -5.42. The van der Waals surface area contributed by atoms with Crippen LogP contribution in [0, 0.1) is 10.8 Å². The van der Waals surface area contributed by atoms with Crippen molar-refractivity contribution in [2.75, 3.05) is 20.8 Å². The summed E-state index contributed by atoms with van der Waals surface area (Å²) in [6, 6.07) is -1.34. The molecule has 5 atom stereocenters. The Kier molecular flexibility index (Phi) is 8.78. The summed E-state index contributed by atoms with van der Waals surface area (Å²) in [6.07, 6.45) is -0.548. The van der Waals surface area contributed by atoms with Crippen molar-refractivity contribution in [2.24, 2.45) is 11.1 Å². The first-order valence-corrected chi connectivity index (χ1v) is 13.3. The SMILES string of the molecule is COP(=O)(OC)OP(=O)(O)O[PH](O)(O)OCC1CC(n2ccc(=O)[nH]c2=O)C(N=O)C1O. The van der Waals surface area contributed by atoms with Gasteiger partial charge in [0.2, 0.25) is 0 Å². The molecule has 0 saturated heterocycles. The van der Waals surface area contributed by atoms with Gasteiger partial charge in [0.05, 0.1) is 0 Å². The fraction of sp³-hybridized carbons (Fsp3) is 0.667. The number of H-pyrrole nitrogens is 1. The van der Waals surface area contributed by atoms with Gasteiger partial charge in [0.1, 0.15) is 0 Å². The molecule has 1 heterocycles. The van der Waals surface area contributed by atoms with Gasteiger partial charge in [-0.1, -0.05) is 0 Å². The molecule has 2 rings (SSSR count). The van der Waals surface area contributed by atoms with E-state index in [4.69, 9.17) is 4.52 Å². The molecule has 5 unspecified atom stereocenters. The van der Waals surface area contributed by atoms with Gasteiger partial charge in [0.15, 0.2) is 0 Å². The van der Waals surface area contributed by atoms with Crippen molar-refractivity contribution >= 4 is 23.8 Å². The first-order valence-electron chi connectivity index (χ1n) is 8.63. The van der Waals surface area contributed by atoms with Crippen LogP contribution in [-0.2, 0) is 31.3 Å². The summed E-state index contributed by atoms with van der Waals surface area (Å²) < 4.78 is 46.2. The molecule has 0 aliphatic heterocycles. The van der Waals surface area contributed by atoms with Crippen molar-refractivity contribution in [2.45, 2.75) is 24.6 Å². The van der Waals surface area contributed by atoms with Crippen molar-refractivity contribution in [1.82, 2.24) is 9.55 Å². The number of nitrogens with one attached hydrogen (secondary N) is 1. The van der Waals surface area contributed by atoms with Crippen molar-refractivity contribution in [3.63, 3.8) is 0 Å². The van der Waals surface area contributed by atoms with Gasteiger partial charge in [0.25, 0.3) is 0 Å². The van der Waals surface area contributed by atoms with Gasteiger partial charge in [0, 0.05) is 0 Å². The van der Waals surface area contributed by atoms with Gasteiger partial charge in [-0.3, -0.25) is 0 Å². The predicted octanol–water partition coefficient (Wildman–Crippen LogP) is -0.461. The number of nitrogens with zero attached hydrogens (tertiary/aromatic N) is 2. The molecular formula is C12H22N3O14P3. The number of hydrogen-bond acceptors (Lipinski definition) is 14. The van der Waals surface area contributed by atoms with Crippen LogP contribution in [0.25, 0.3) is 0 Å². The van der Waals surface area contributed by atoms with Crippen molar-refractivity contribution in [1.29, 1.82) is 0 Å². The average molecular weight is 525 g/mol. The van der Waals surface area contributed by atoms with E-state index in [1.54, 1.807) is 0 Å². The van der Waals surface area contributed by atoms with Gasteiger partial charge in [-0.2, -0.15) is 0 Å². The second kappa shape index (κ2) is 10.4. The Balaban J connectivity index is 2.09. The first-order chi connectivity index (χ1) is 14.8. The van der Waals surface area contributed by atoms with Crippen molar-refractivity contribution < 1.29 is 51.1 Å². The molecule has 1 aromatic rings. The first kappa shape index (κ1) is 27.1. The summed E-state index contributed by atoms with van der Waals surface area (Å²) in [6.45, 7) is -0.715. The zero-order valence-electron chi connectivity index (χ0n) is 16.5. The van der Waals surface area contributed by atoms with E-state index in [-0.39, 0.29) is 6.42 Å². The van der Waals surface area contributed by atoms with Gasteiger partial charge in [-0.05, 0) is 0 Å². The summed E-state index contributed by atoms with van der Waals surface area (Å²) in [7, 11) is -13.7. The third kappa shape index (κ3) is 6.67. The van der Waals surface area contributed by atoms with E-state index in [1.807, 2.05) is 4.98 Å². The van der Waals surface area contributed by atoms with Crippen molar-refractivity contribution in [3.8, 4) is 0 Å². The van der Waals surface area contributed by atoms with E-state index in [9.17, 15) is 43.4 Å². The topological polar surface area (TPSA) is 245 Å². The molecule has 32 heavy (non-hydrogen) atoms. The molecule has 0 amide bonds. The van der Waals surface area contributed by atoms with Crippen LogP contribution in [-0.4, -0.2) is 62.3 Å². The van der Waals surface area contributed by atoms with Crippen LogP contribution < -0.4 is 11.2 Å². The monoisotopic (exact) mass is 525 g/mol. The molecule has 0 spiro atoms. The number of hydrogen-bond donors (Lipinski definition) is 5. The van der Waals surface area contributed by atoms with Gasteiger partial charge < -0.3 is 0 Å². The summed E-state index contributed by atoms with van der Waals surface area (Å²) in [4.78, 5) is 65.6. The maximum absolute atomic E-state index is 12.0. The minimum absolute atomic E-state index is 0.135. The fourth-order valence-electron chi connectivity index (χ4n) is 3.04. The Morgan fingerprint density at radius 3 is 2.44 bits per heavy atom. The maximum atomic E-state index is 12.0. The van der Waals surface area contributed by atoms with Crippen LogP contribution in [0.4, 0.5) is 0 Å². The summed E-state index contributed by atoms with van der Waals surface area (Å²) in [5.74, 6) is -1.01. The molecule has 1 aliphatic carbocycles. The van der Waals surface area contributed by atoms with Gasteiger partial charge >= 0.3 is 179 Å². The molecule has 5 N–H and O–H groups in total. The van der Waals surface area contributed by atoms with E-state index < -0.39 is 65.8 Å². The van der Waals surface area contributed by atoms with E-state index in [1.165, 1.54) is 0 Å². The normalized spacial score (nSPS) is 26.6. The number of rotatable bonds is 11. The molecule has 184 valence electrons. The third-order valence-electron chi connectivity index (χ3n) is 4.47. The van der Waals surface area contributed by atoms with Crippen LogP contribution in [0.3, 0.4) is 0 Å². The van der Waals surface area contributed by atoms with Crippen LogP contribution in [0.2, 0.25) is 0 Å². The van der Waals surface area contributed by atoms with E-state index in [2.05, 4.69) is 22.8 Å². The number of aliphatic hydroxyl groups excluding tert-OH is 1. The predicted molar refractivity (Wildman–Crippen MR) is 106 cm³/mol. The Morgan fingerprint density at radius 1 is 1.28 bits per heavy atom. The van der Waals surface area contributed by atoms with E-state index in [0.29, 0.717) is 0 Å². The van der Waals surface area contributed by atoms with E-state index >= 15 is 0 Å². The fourth-order valence-corrected chi connectivity index (χ4v) is 7.01. The second-order valence-electron chi connectivity index (χ2n) is 6.48. The van der Waals surface area contributed by atoms with Crippen molar-refractivity contribution in [3.05, 3.63) is 38.0 Å². The summed E-state index contributed by atoms with van der Waals surface area (Å²) in [5, 5.41) is 13.1. The average Bonchev–Trinajstić information content (AvgIpc) is 3.00. The van der Waals surface area contributed by atoms with E-state index in [0.717, 1.165) is 31.0 Å². The molecule has 0 radical (unpaired) electrons. The Morgan fingerprint density at radius 2 is 1.91 bits per heavy atom. The number of aliphatic hydroxyl groups is 1. The van der Waals surface area contributed by atoms with Crippen LogP contribution in [0.5, 0.6) is 0 Å². The van der Waals surface area contributed by atoms with Crippen LogP contribution in [0.15, 0.2) is 27.0 Å². The van der Waals surface area contributed by atoms with Gasteiger partial charge in [-0.25, -0.2) is 0 Å². The zero-order valence-corrected chi connectivity index (χ0v) is 19.3. The summed E-state index contributed by atoms with van der Waals surface area (Å²) >= 11 is 0. The molecule has 1 aliphatic rings. The molecule has 0 bridgehead atoms. The molecule has 0 aromatic carbocycles. The number of phosphoric ester groups is 1. The molecule has 1 fully saturated rings. The summed E-state index contributed by atoms with van der Waals surface area (Å²) in [5.41, 5.74) is -1.55. The number of aromatic amines is 1. The molecule has 20 heteroatoms. The Labute approximate surface area is 179 Å². The third-order valence-corrected chi connectivity index (χ3v) is 9.41. The standard InChI is InChI=1S/C12H22N3O14P3/c1-25-32(24,26-2)29-31(22,23)28-30(20,21)27-6-7-5-8(10(14-19)11(7)17)15-4-3-9(16)13-12(15)18/h3-4,7-8,10-11,17,20-21,30H,5-6H2,1-2H3,(H,22,23)(H,13,16,18). The second-order valence-corrected chi connectivity index (χ2v) is 11.8. The quantitative estimate of drug-likeness (QED) is 0.181. The number of nitroso groups, excluding NO2 is 1. The molecular weight excluding hydrogens is 503 g/mol. The Hall–Kier alpha value is -1.19. The van der Waals surface area contributed by atoms with Crippen LogP contribution >= 0.6 is 23.8 Å². The van der Waals surface area contributed by atoms with Crippen LogP contribution in [0.1, 0.15) is 12.5 Å². The molecule has 1 aromatic heterocycles. The molecule has 17 nitrogen and oxygen atoms in total. The van der Waals surface area contributed by atoms with Gasteiger partial charge in [-0.15, -0.1) is 0 Å². The number of aromatic nitrogens is 2. The Bertz CT molecular complexity index is 1020. The number of phosphoric acid groups is 2. The molecule has 1 saturated carbocycles. The zero-order chi connectivity index (χ0) is 24.3.